The van der Waals surface area contributed by atoms with E-state index in [1.807, 2.05) is 24.3 Å². The Bertz CT molecular complexity index is 403. The van der Waals surface area contributed by atoms with Gasteiger partial charge in [-0.2, -0.15) is 0 Å². The zero-order valence-corrected chi connectivity index (χ0v) is 11.9. The summed E-state index contributed by atoms with van der Waals surface area (Å²) in [6, 6.07) is 7.57. The first-order valence-corrected chi connectivity index (χ1v) is 6.76. The first-order valence-electron chi connectivity index (χ1n) is 6.76. The van der Waals surface area contributed by atoms with E-state index < -0.39 is 0 Å². The molecule has 0 aliphatic rings. The average Bonchev–Trinajstić information content (AvgIpc) is 2.48. The Labute approximate surface area is 120 Å². The first kappa shape index (κ1) is 16.5. The van der Waals surface area contributed by atoms with Gasteiger partial charge in [-0.25, -0.2) is 0 Å². The normalized spacial score (nSPS) is 9.90. The second-order valence-electron chi connectivity index (χ2n) is 4.11. The molecule has 1 aromatic carbocycles. The van der Waals surface area contributed by atoms with Gasteiger partial charge in [0.1, 0.15) is 12.4 Å². The van der Waals surface area contributed by atoms with Crippen LogP contribution in [-0.4, -0.2) is 45.3 Å². The van der Waals surface area contributed by atoms with Crippen molar-refractivity contribution in [3.8, 4) is 17.6 Å². The van der Waals surface area contributed by atoms with Crippen molar-refractivity contribution in [3.05, 3.63) is 29.8 Å². The molecule has 1 aromatic rings. The molecule has 0 atom stereocenters. The molecule has 0 aliphatic carbocycles. The lowest BCUT2D eigenvalue weighted by molar-refractivity contribution is 0.0806. The van der Waals surface area contributed by atoms with E-state index in [0.29, 0.717) is 26.2 Å². The third kappa shape index (κ3) is 7.80. The van der Waals surface area contributed by atoms with Gasteiger partial charge in [0.15, 0.2) is 0 Å². The molecule has 0 saturated carbocycles. The Balaban J connectivity index is 2.17. The van der Waals surface area contributed by atoms with Crippen LogP contribution in [0, 0.1) is 11.8 Å². The number of hydrogen-bond donors (Lipinski definition) is 1. The largest absolute Gasteiger partial charge is 0.491 e. The van der Waals surface area contributed by atoms with E-state index in [9.17, 15) is 0 Å². The van der Waals surface area contributed by atoms with Gasteiger partial charge in [0.2, 0.25) is 0 Å². The average molecular weight is 278 g/mol. The monoisotopic (exact) mass is 278 g/mol. The maximum Gasteiger partial charge on any atom is 0.119 e. The molecule has 1 rings (SSSR count). The Morgan fingerprint density at radius 2 is 1.85 bits per heavy atom. The number of hydrogen-bond acceptors (Lipinski definition) is 4. The highest BCUT2D eigenvalue weighted by molar-refractivity contribution is 5.38. The van der Waals surface area contributed by atoms with Gasteiger partial charge in [-0.15, -0.1) is 0 Å². The van der Waals surface area contributed by atoms with Gasteiger partial charge in [-0.05, 0) is 30.7 Å². The number of methoxy groups -OCH3 is 1. The molecule has 0 saturated heterocycles. The zero-order chi connectivity index (χ0) is 14.5. The molecule has 0 radical (unpaired) electrons. The summed E-state index contributed by atoms with van der Waals surface area (Å²) in [4.78, 5) is 0. The summed E-state index contributed by atoms with van der Waals surface area (Å²) in [5, 5.41) is 8.64. The third-order valence-electron chi connectivity index (χ3n) is 2.46. The van der Waals surface area contributed by atoms with Gasteiger partial charge in [0.25, 0.3) is 0 Å². The second-order valence-corrected chi connectivity index (χ2v) is 4.11. The smallest absolute Gasteiger partial charge is 0.119 e. The maximum absolute atomic E-state index is 8.64. The predicted octanol–water partition coefficient (Wildman–Crippen LogP) is 1.85. The van der Waals surface area contributed by atoms with Crippen LogP contribution in [0.5, 0.6) is 5.75 Å². The summed E-state index contributed by atoms with van der Waals surface area (Å²) >= 11 is 0. The highest BCUT2D eigenvalue weighted by Gasteiger charge is 1.94. The molecule has 0 heterocycles. The predicted molar refractivity (Wildman–Crippen MR) is 77.8 cm³/mol. The molecule has 1 N–H and O–H groups in total. The van der Waals surface area contributed by atoms with E-state index in [4.69, 9.17) is 19.3 Å². The van der Waals surface area contributed by atoms with Gasteiger partial charge in [0, 0.05) is 32.3 Å². The van der Waals surface area contributed by atoms with Crippen molar-refractivity contribution in [2.75, 3.05) is 40.1 Å². The summed E-state index contributed by atoms with van der Waals surface area (Å²) in [6.45, 7) is 2.61. The number of benzene rings is 1. The standard InChI is InChI=1S/C16H22O4/c1-18-11-4-12-19-13-14-20-16-8-6-15(7-9-16)5-2-3-10-17/h6-9,17H,3-4,10-14H2,1H3. The highest BCUT2D eigenvalue weighted by atomic mass is 16.5. The molecule has 4 nitrogen and oxygen atoms in total. The summed E-state index contributed by atoms with van der Waals surface area (Å²) < 4.78 is 15.9. The fourth-order valence-electron chi connectivity index (χ4n) is 1.48. The van der Waals surface area contributed by atoms with Crippen LogP contribution in [0.15, 0.2) is 24.3 Å². The Kier molecular flexibility index (Phi) is 9.33. The molecule has 0 fully saturated rings. The van der Waals surface area contributed by atoms with E-state index in [-0.39, 0.29) is 6.61 Å². The molecule has 0 spiro atoms. The van der Waals surface area contributed by atoms with Crippen molar-refractivity contribution in [3.63, 3.8) is 0 Å². The Morgan fingerprint density at radius 1 is 1.05 bits per heavy atom. The van der Waals surface area contributed by atoms with Crippen LogP contribution in [0.25, 0.3) is 0 Å². The molecule has 0 amide bonds. The highest BCUT2D eigenvalue weighted by Crippen LogP contribution is 2.11. The lowest BCUT2D eigenvalue weighted by Crippen LogP contribution is -2.08. The summed E-state index contributed by atoms with van der Waals surface area (Å²) in [6.07, 6.45) is 1.40. The first-order chi connectivity index (χ1) is 9.86. The van der Waals surface area contributed by atoms with Crippen LogP contribution in [-0.2, 0) is 9.47 Å². The van der Waals surface area contributed by atoms with Crippen LogP contribution < -0.4 is 4.74 Å². The molecule has 0 aromatic heterocycles. The van der Waals surface area contributed by atoms with E-state index in [2.05, 4.69) is 11.8 Å². The summed E-state index contributed by atoms with van der Waals surface area (Å²) in [5.41, 5.74) is 0.918. The van der Waals surface area contributed by atoms with E-state index in [0.717, 1.165) is 24.3 Å². The van der Waals surface area contributed by atoms with E-state index in [1.165, 1.54) is 0 Å². The fraction of sp³-hybridized carbons (Fsp3) is 0.500. The topological polar surface area (TPSA) is 47.9 Å². The minimum Gasteiger partial charge on any atom is -0.491 e. The minimum atomic E-state index is 0.0958. The van der Waals surface area contributed by atoms with Crippen LogP contribution >= 0.6 is 0 Å². The molecule has 0 unspecified atom stereocenters. The van der Waals surface area contributed by atoms with Crippen molar-refractivity contribution in [2.45, 2.75) is 12.8 Å². The van der Waals surface area contributed by atoms with Crippen LogP contribution in [0.1, 0.15) is 18.4 Å². The lowest BCUT2D eigenvalue weighted by Gasteiger charge is -2.07. The number of aliphatic hydroxyl groups is 1. The van der Waals surface area contributed by atoms with Crippen LogP contribution in [0.2, 0.25) is 0 Å². The van der Waals surface area contributed by atoms with Gasteiger partial charge in [-0.1, -0.05) is 11.8 Å². The SMILES string of the molecule is COCCCOCCOc1ccc(C#CCCO)cc1. The Hall–Kier alpha value is -1.54. The Morgan fingerprint density at radius 3 is 2.55 bits per heavy atom. The van der Waals surface area contributed by atoms with Crippen LogP contribution in [0.4, 0.5) is 0 Å². The van der Waals surface area contributed by atoms with Crippen molar-refractivity contribution < 1.29 is 19.3 Å². The van der Waals surface area contributed by atoms with Crippen molar-refractivity contribution >= 4 is 0 Å². The van der Waals surface area contributed by atoms with Gasteiger partial charge in [-0.3, -0.25) is 0 Å². The molecule has 20 heavy (non-hydrogen) atoms. The number of ether oxygens (including phenoxy) is 3. The lowest BCUT2D eigenvalue weighted by atomic mass is 10.2. The van der Waals surface area contributed by atoms with Crippen molar-refractivity contribution in [2.24, 2.45) is 0 Å². The molecule has 0 aliphatic heterocycles. The second kappa shape index (κ2) is 11.3. The summed E-state index contributed by atoms with van der Waals surface area (Å²) in [7, 11) is 1.68. The number of aliphatic hydroxyl groups excluding tert-OH is 1. The molecular formula is C16H22O4. The van der Waals surface area contributed by atoms with Gasteiger partial charge >= 0.3 is 0 Å². The van der Waals surface area contributed by atoms with Crippen molar-refractivity contribution in [1.82, 2.24) is 0 Å². The molecule has 110 valence electrons. The van der Waals surface area contributed by atoms with Gasteiger partial charge < -0.3 is 19.3 Å². The van der Waals surface area contributed by atoms with Crippen LogP contribution in [0.3, 0.4) is 0 Å². The quantitative estimate of drug-likeness (QED) is 0.553. The van der Waals surface area contributed by atoms with Crippen molar-refractivity contribution in [1.29, 1.82) is 0 Å². The molecular weight excluding hydrogens is 256 g/mol. The molecule has 0 bridgehead atoms. The maximum atomic E-state index is 8.64. The molecule has 4 heteroatoms. The third-order valence-corrected chi connectivity index (χ3v) is 2.46. The fourth-order valence-corrected chi connectivity index (χ4v) is 1.48. The zero-order valence-electron chi connectivity index (χ0n) is 11.9. The minimum absolute atomic E-state index is 0.0958. The van der Waals surface area contributed by atoms with E-state index >= 15 is 0 Å². The number of rotatable bonds is 9. The summed E-state index contributed by atoms with van der Waals surface area (Å²) in [5.74, 6) is 6.65. The van der Waals surface area contributed by atoms with Gasteiger partial charge in [0.05, 0.1) is 13.2 Å². The van der Waals surface area contributed by atoms with E-state index in [1.54, 1.807) is 7.11 Å².